The topological polar surface area (TPSA) is 106 Å². The van der Waals surface area contributed by atoms with Crippen molar-refractivity contribution in [1.82, 2.24) is 0 Å². The molecule has 0 fully saturated rings. The molecule has 0 heterocycles. The number of primary sulfonamides is 1. The molecule has 0 saturated heterocycles. The number of anilines is 1. The van der Waals surface area contributed by atoms with Gasteiger partial charge in [0.15, 0.2) is 5.78 Å². The number of carbonyl (C=O) groups is 2. The molecule has 0 atom stereocenters. The summed E-state index contributed by atoms with van der Waals surface area (Å²) in [6.07, 6.45) is 0. The van der Waals surface area contributed by atoms with Crippen molar-refractivity contribution in [3.63, 3.8) is 0 Å². The third-order valence-electron chi connectivity index (χ3n) is 4.00. The van der Waals surface area contributed by atoms with Crippen LogP contribution < -0.4 is 10.5 Å². The number of hydrogen-bond acceptors (Lipinski definition) is 5. The number of ketones is 1. The maximum atomic E-state index is 12.5. The highest BCUT2D eigenvalue weighted by Crippen LogP contribution is 2.21. The van der Waals surface area contributed by atoms with Gasteiger partial charge in [-0.1, -0.05) is 36.4 Å². The van der Waals surface area contributed by atoms with Crippen LogP contribution in [0.1, 0.15) is 20.7 Å². The van der Waals surface area contributed by atoms with Gasteiger partial charge in [-0.25, -0.2) is 13.6 Å². The predicted molar refractivity (Wildman–Crippen MR) is 114 cm³/mol. The standard InChI is InChI=1S/C21H18N2O4S2/c22-29(26,27)19-11-9-17(10-12-19)23-21(25)16-7-4-8-18(13-16)28-14-20(24)15-5-2-1-3-6-15/h1-13H,14H2,(H,23,25)(H2,22,26,27). The number of nitrogens with two attached hydrogens (primary N) is 1. The van der Waals surface area contributed by atoms with Crippen LogP contribution in [0, 0.1) is 0 Å². The monoisotopic (exact) mass is 426 g/mol. The van der Waals surface area contributed by atoms with E-state index in [9.17, 15) is 18.0 Å². The zero-order valence-electron chi connectivity index (χ0n) is 15.2. The van der Waals surface area contributed by atoms with Crippen LogP contribution in [-0.2, 0) is 10.0 Å². The Balaban J connectivity index is 1.64. The summed E-state index contributed by atoms with van der Waals surface area (Å²) in [5.41, 5.74) is 1.52. The number of amides is 1. The molecule has 0 saturated carbocycles. The Bertz CT molecular complexity index is 1130. The lowest BCUT2D eigenvalue weighted by Gasteiger charge is -2.08. The van der Waals surface area contributed by atoms with Gasteiger partial charge in [-0.3, -0.25) is 9.59 Å². The largest absolute Gasteiger partial charge is 0.322 e. The molecule has 0 aliphatic rings. The molecule has 0 spiro atoms. The number of benzene rings is 3. The van der Waals surface area contributed by atoms with Crippen LogP contribution in [-0.4, -0.2) is 25.9 Å². The van der Waals surface area contributed by atoms with E-state index in [2.05, 4.69) is 5.32 Å². The zero-order chi connectivity index (χ0) is 20.9. The first-order valence-corrected chi connectivity index (χ1v) is 11.1. The summed E-state index contributed by atoms with van der Waals surface area (Å²) in [5, 5.41) is 7.77. The van der Waals surface area contributed by atoms with E-state index < -0.39 is 10.0 Å². The van der Waals surface area contributed by atoms with Crippen LogP contribution in [0.25, 0.3) is 0 Å². The van der Waals surface area contributed by atoms with Gasteiger partial charge in [-0.2, -0.15) is 0 Å². The van der Waals surface area contributed by atoms with Crippen LogP contribution in [0.3, 0.4) is 0 Å². The van der Waals surface area contributed by atoms with E-state index in [1.165, 1.54) is 36.0 Å². The van der Waals surface area contributed by atoms with Crippen LogP contribution in [0.5, 0.6) is 0 Å². The minimum absolute atomic E-state index is 0.0143. The first-order chi connectivity index (χ1) is 13.8. The van der Waals surface area contributed by atoms with Gasteiger partial charge in [0.25, 0.3) is 5.91 Å². The Morgan fingerprint density at radius 2 is 1.52 bits per heavy atom. The maximum absolute atomic E-state index is 12.5. The van der Waals surface area contributed by atoms with E-state index in [-0.39, 0.29) is 22.3 Å². The van der Waals surface area contributed by atoms with Crippen LogP contribution in [0.15, 0.2) is 88.7 Å². The smallest absolute Gasteiger partial charge is 0.255 e. The SMILES string of the molecule is NS(=O)(=O)c1ccc(NC(=O)c2cccc(SCC(=O)c3ccccc3)c2)cc1. The molecule has 148 valence electrons. The van der Waals surface area contributed by atoms with E-state index in [1.807, 2.05) is 24.3 Å². The van der Waals surface area contributed by atoms with Crippen molar-refractivity contribution < 1.29 is 18.0 Å². The van der Waals surface area contributed by atoms with Crippen molar-refractivity contribution in [2.45, 2.75) is 9.79 Å². The molecule has 6 nitrogen and oxygen atoms in total. The van der Waals surface area contributed by atoms with Gasteiger partial charge in [-0.05, 0) is 42.5 Å². The molecule has 0 aromatic heterocycles. The molecular weight excluding hydrogens is 408 g/mol. The molecule has 0 unspecified atom stereocenters. The maximum Gasteiger partial charge on any atom is 0.255 e. The summed E-state index contributed by atoms with van der Waals surface area (Å²) in [6.45, 7) is 0. The predicted octanol–water partition coefficient (Wildman–Crippen LogP) is 3.56. The fourth-order valence-corrected chi connectivity index (χ4v) is 3.88. The minimum Gasteiger partial charge on any atom is -0.322 e. The summed E-state index contributed by atoms with van der Waals surface area (Å²) in [4.78, 5) is 25.5. The van der Waals surface area contributed by atoms with E-state index in [4.69, 9.17) is 5.14 Å². The number of carbonyl (C=O) groups excluding carboxylic acids is 2. The second kappa shape index (κ2) is 9.04. The second-order valence-electron chi connectivity index (χ2n) is 6.13. The Hall–Kier alpha value is -2.94. The first kappa shape index (κ1) is 20.8. The number of thioether (sulfide) groups is 1. The Morgan fingerprint density at radius 3 is 2.17 bits per heavy atom. The third-order valence-corrected chi connectivity index (χ3v) is 5.93. The zero-order valence-corrected chi connectivity index (χ0v) is 16.9. The number of sulfonamides is 1. The van der Waals surface area contributed by atoms with Crippen molar-refractivity contribution in [2.75, 3.05) is 11.1 Å². The summed E-state index contributed by atoms with van der Waals surface area (Å²) in [6, 6.07) is 21.6. The average molecular weight is 427 g/mol. The molecular formula is C21H18N2O4S2. The molecule has 29 heavy (non-hydrogen) atoms. The normalized spacial score (nSPS) is 11.1. The highest BCUT2D eigenvalue weighted by Gasteiger charge is 2.11. The van der Waals surface area contributed by atoms with Gasteiger partial charge in [0.2, 0.25) is 10.0 Å². The Morgan fingerprint density at radius 1 is 0.862 bits per heavy atom. The Labute approximate surface area is 173 Å². The number of nitrogens with one attached hydrogen (secondary N) is 1. The van der Waals surface area contributed by atoms with Crippen LogP contribution >= 0.6 is 11.8 Å². The lowest BCUT2D eigenvalue weighted by atomic mass is 10.2. The third kappa shape index (κ3) is 5.77. The van der Waals surface area contributed by atoms with Crippen molar-refractivity contribution in [3.8, 4) is 0 Å². The Kier molecular flexibility index (Phi) is 6.48. The highest BCUT2D eigenvalue weighted by atomic mass is 32.2. The molecule has 3 aromatic rings. The first-order valence-electron chi connectivity index (χ1n) is 8.58. The van der Waals surface area contributed by atoms with Gasteiger partial charge in [-0.15, -0.1) is 11.8 Å². The fraction of sp³-hybridized carbons (Fsp3) is 0.0476. The van der Waals surface area contributed by atoms with E-state index in [0.29, 0.717) is 16.8 Å². The molecule has 0 bridgehead atoms. The summed E-state index contributed by atoms with van der Waals surface area (Å²) in [7, 11) is -3.78. The number of hydrogen-bond donors (Lipinski definition) is 2. The molecule has 8 heteroatoms. The van der Waals surface area contributed by atoms with E-state index in [1.54, 1.807) is 30.3 Å². The van der Waals surface area contributed by atoms with E-state index in [0.717, 1.165) is 4.90 Å². The highest BCUT2D eigenvalue weighted by molar-refractivity contribution is 8.00. The van der Waals surface area contributed by atoms with Crippen molar-refractivity contribution in [3.05, 3.63) is 90.0 Å². The molecule has 0 radical (unpaired) electrons. The fourth-order valence-electron chi connectivity index (χ4n) is 2.51. The molecule has 0 aliphatic carbocycles. The van der Waals surface area contributed by atoms with E-state index >= 15 is 0 Å². The lowest BCUT2D eigenvalue weighted by molar-refractivity contribution is 0.101. The number of rotatable bonds is 7. The van der Waals surface area contributed by atoms with Gasteiger partial charge in [0.05, 0.1) is 10.6 Å². The van der Waals surface area contributed by atoms with Crippen molar-refractivity contribution in [1.29, 1.82) is 0 Å². The molecule has 3 N–H and O–H groups in total. The van der Waals surface area contributed by atoms with Gasteiger partial charge in [0.1, 0.15) is 0 Å². The second-order valence-corrected chi connectivity index (χ2v) is 8.74. The minimum atomic E-state index is -3.78. The molecule has 3 aromatic carbocycles. The summed E-state index contributed by atoms with van der Waals surface area (Å²) in [5.74, 6) is -0.0602. The van der Waals surface area contributed by atoms with Crippen molar-refractivity contribution >= 4 is 39.2 Å². The quantitative estimate of drug-likeness (QED) is 0.444. The van der Waals surface area contributed by atoms with Crippen LogP contribution in [0.4, 0.5) is 5.69 Å². The van der Waals surface area contributed by atoms with Gasteiger partial charge < -0.3 is 5.32 Å². The molecule has 3 rings (SSSR count). The van der Waals surface area contributed by atoms with Crippen LogP contribution in [0.2, 0.25) is 0 Å². The van der Waals surface area contributed by atoms with Gasteiger partial charge >= 0.3 is 0 Å². The van der Waals surface area contributed by atoms with Gasteiger partial charge in [0, 0.05) is 21.7 Å². The summed E-state index contributed by atoms with van der Waals surface area (Å²) >= 11 is 1.36. The molecule has 0 aliphatic heterocycles. The average Bonchev–Trinajstić information content (AvgIpc) is 2.72. The molecule has 1 amide bonds. The van der Waals surface area contributed by atoms with Crippen molar-refractivity contribution in [2.24, 2.45) is 5.14 Å². The lowest BCUT2D eigenvalue weighted by Crippen LogP contribution is -2.14. The number of Topliss-reactive ketones (excluding diaryl/α,β-unsaturated/α-hetero) is 1. The summed E-state index contributed by atoms with van der Waals surface area (Å²) < 4.78 is 22.6.